The molecule has 0 aliphatic heterocycles. The second-order valence-electron chi connectivity index (χ2n) is 3.45. The number of rotatable bonds is 2. The van der Waals surface area contributed by atoms with Crippen molar-refractivity contribution in [3.8, 4) is 0 Å². The Morgan fingerprint density at radius 2 is 2.15 bits per heavy atom. The van der Waals surface area contributed by atoms with Crippen molar-refractivity contribution < 1.29 is 4.39 Å². The van der Waals surface area contributed by atoms with Gasteiger partial charge in [0.2, 0.25) is 0 Å². The smallest absolute Gasteiger partial charge is 0.142 e. The highest BCUT2D eigenvalue weighted by molar-refractivity contribution is 6.31. The molecular formula is C10H11ClFN. The Morgan fingerprint density at radius 1 is 1.46 bits per heavy atom. The molecule has 0 bridgehead atoms. The molecule has 0 saturated heterocycles. The summed E-state index contributed by atoms with van der Waals surface area (Å²) in [6, 6.07) is 3.72. The first-order chi connectivity index (χ1) is 6.18. The predicted octanol–water partition coefficient (Wildman–Crippen LogP) is 3.36. The third-order valence-corrected chi connectivity index (χ3v) is 2.74. The van der Waals surface area contributed by atoms with Crippen molar-refractivity contribution in [1.29, 1.82) is 0 Å². The van der Waals surface area contributed by atoms with Crippen molar-refractivity contribution in [2.45, 2.75) is 25.8 Å². The molecule has 0 radical (unpaired) electrons. The fourth-order valence-electron chi connectivity index (χ4n) is 1.26. The van der Waals surface area contributed by atoms with Crippen LogP contribution in [-0.4, -0.2) is 6.04 Å². The van der Waals surface area contributed by atoms with E-state index in [0.29, 0.717) is 6.04 Å². The van der Waals surface area contributed by atoms with Crippen molar-refractivity contribution in [2.24, 2.45) is 0 Å². The summed E-state index contributed by atoms with van der Waals surface area (Å²) in [5, 5.41) is 3.53. The Balaban J connectivity index is 2.29. The van der Waals surface area contributed by atoms with Gasteiger partial charge in [-0.1, -0.05) is 11.6 Å². The molecular weight excluding hydrogens is 189 g/mol. The minimum absolute atomic E-state index is 0.227. The van der Waals surface area contributed by atoms with E-state index < -0.39 is 0 Å². The van der Waals surface area contributed by atoms with Gasteiger partial charge in [0.1, 0.15) is 5.82 Å². The topological polar surface area (TPSA) is 12.0 Å². The third kappa shape index (κ3) is 1.78. The van der Waals surface area contributed by atoms with Gasteiger partial charge in [-0.3, -0.25) is 0 Å². The second-order valence-corrected chi connectivity index (χ2v) is 3.83. The van der Waals surface area contributed by atoms with Crippen molar-refractivity contribution in [2.75, 3.05) is 5.32 Å². The summed E-state index contributed by atoms with van der Waals surface area (Å²) in [5.41, 5.74) is 1.75. The summed E-state index contributed by atoms with van der Waals surface area (Å²) in [5.74, 6) is -0.347. The molecule has 3 heteroatoms. The van der Waals surface area contributed by atoms with Crippen LogP contribution in [-0.2, 0) is 0 Å². The molecule has 0 heterocycles. The fraction of sp³-hybridized carbons (Fsp3) is 0.400. The van der Waals surface area contributed by atoms with Crippen molar-refractivity contribution in [3.63, 3.8) is 0 Å². The first-order valence-electron chi connectivity index (χ1n) is 4.39. The third-order valence-electron chi connectivity index (χ3n) is 2.28. The molecule has 0 atom stereocenters. The molecule has 1 aromatic rings. The lowest BCUT2D eigenvalue weighted by Crippen LogP contribution is -2.03. The van der Waals surface area contributed by atoms with Crippen LogP contribution in [0.5, 0.6) is 0 Å². The summed E-state index contributed by atoms with van der Waals surface area (Å²) in [7, 11) is 0. The Kier molecular flexibility index (Phi) is 2.16. The van der Waals surface area contributed by atoms with E-state index in [1.165, 1.54) is 18.9 Å². The molecule has 0 spiro atoms. The van der Waals surface area contributed by atoms with E-state index in [0.717, 1.165) is 11.3 Å². The number of halogens is 2. The zero-order chi connectivity index (χ0) is 9.42. The van der Waals surface area contributed by atoms with Gasteiger partial charge in [-0.25, -0.2) is 4.39 Å². The lowest BCUT2D eigenvalue weighted by molar-refractivity contribution is 0.627. The van der Waals surface area contributed by atoms with Gasteiger partial charge >= 0.3 is 0 Å². The quantitative estimate of drug-likeness (QED) is 0.770. The Bertz CT molecular complexity index is 334. The summed E-state index contributed by atoms with van der Waals surface area (Å²) in [4.78, 5) is 0. The van der Waals surface area contributed by atoms with Gasteiger partial charge in [-0.05, 0) is 37.5 Å². The highest BCUT2D eigenvalue weighted by Gasteiger charge is 2.22. The Labute approximate surface area is 81.9 Å². The molecule has 1 aromatic carbocycles. The van der Waals surface area contributed by atoms with Crippen LogP contribution in [0.4, 0.5) is 10.1 Å². The molecule has 1 aliphatic carbocycles. The fourth-order valence-corrected chi connectivity index (χ4v) is 1.42. The Morgan fingerprint density at radius 3 is 2.77 bits per heavy atom. The highest BCUT2D eigenvalue weighted by Crippen LogP contribution is 2.30. The maximum atomic E-state index is 13.0. The van der Waals surface area contributed by atoms with Gasteiger partial charge < -0.3 is 5.32 Å². The summed E-state index contributed by atoms with van der Waals surface area (Å²) in [6.07, 6.45) is 2.41. The average molecular weight is 200 g/mol. The zero-order valence-corrected chi connectivity index (χ0v) is 8.16. The molecule has 1 fully saturated rings. The van der Waals surface area contributed by atoms with Crippen LogP contribution < -0.4 is 5.32 Å². The van der Waals surface area contributed by atoms with E-state index >= 15 is 0 Å². The van der Waals surface area contributed by atoms with Crippen LogP contribution >= 0.6 is 11.6 Å². The summed E-state index contributed by atoms with van der Waals surface area (Å²) >= 11 is 5.77. The molecule has 70 valence electrons. The lowest BCUT2D eigenvalue weighted by Gasteiger charge is -2.09. The van der Waals surface area contributed by atoms with Gasteiger partial charge in [0.25, 0.3) is 0 Å². The molecule has 1 nitrogen and oxygen atoms in total. The normalized spacial score (nSPS) is 15.9. The van der Waals surface area contributed by atoms with Crippen LogP contribution in [0.15, 0.2) is 12.1 Å². The molecule has 0 amide bonds. The van der Waals surface area contributed by atoms with Crippen LogP contribution in [0.1, 0.15) is 18.4 Å². The molecule has 1 saturated carbocycles. The van der Waals surface area contributed by atoms with E-state index in [4.69, 9.17) is 11.6 Å². The molecule has 2 rings (SSSR count). The maximum Gasteiger partial charge on any atom is 0.142 e. The summed E-state index contributed by atoms with van der Waals surface area (Å²) < 4.78 is 13.0. The maximum absolute atomic E-state index is 13.0. The van der Waals surface area contributed by atoms with E-state index in [9.17, 15) is 4.39 Å². The standard InChI is InChI=1S/C10H11ClFN/c1-6-9(13-7-2-3-7)5-4-8(12)10(6)11/h4-5,7,13H,2-3H2,1H3. The second kappa shape index (κ2) is 3.18. The zero-order valence-electron chi connectivity index (χ0n) is 7.40. The van der Waals surface area contributed by atoms with E-state index in [-0.39, 0.29) is 10.8 Å². The van der Waals surface area contributed by atoms with Crippen molar-refractivity contribution >= 4 is 17.3 Å². The van der Waals surface area contributed by atoms with E-state index in [2.05, 4.69) is 5.32 Å². The van der Waals surface area contributed by atoms with Crippen molar-refractivity contribution in [3.05, 3.63) is 28.5 Å². The van der Waals surface area contributed by atoms with Gasteiger partial charge in [-0.2, -0.15) is 0 Å². The monoisotopic (exact) mass is 199 g/mol. The van der Waals surface area contributed by atoms with Crippen LogP contribution in [0, 0.1) is 12.7 Å². The minimum atomic E-state index is -0.347. The molecule has 0 unspecified atom stereocenters. The lowest BCUT2D eigenvalue weighted by atomic mass is 10.2. The largest absolute Gasteiger partial charge is 0.382 e. The van der Waals surface area contributed by atoms with Gasteiger partial charge in [0.15, 0.2) is 0 Å². The number of benzene rings is 1. The highest BCUT2D eigenvalue weighted by atomic mass is 35.5. The van der Waals surface area contributed by atoms with Crippen molar-refractivity contribution in [1.82, 2.24) is 0 Å². The number of nitrogens with one attached hydrogen (secondary N) is 1. The van der Waals surface area contributed by atoms with Crippen LogP contribution in [0.2, 0.25) is 5.02 Å². The molecule has 13 heavy (non-hydrogen) atoms. The van der Waals surface area contributed by atoms with Gasteiger partial charge in [-0.15, -0.1) is 0 Å². The molecule has 0 aromatic heterocycles. The molecule has 1 aliphatic rings. The molecule has 1 N–H and O–H groups in total. The average Bonchev–Trinajstić information content (AvgIpc) is 2.90. The van der Waals surface area contributed by atoms with Crippen LogP contribution in [0.25, 0.3) is 0 Å². The first-order valence-corrected chi connectivity index (χ1v) is 4.77. The van der Waals surface area contributed by atoms with E-state index in [1.807, 2.05) is 6.92 Å². The van der Waals surface area contributed by atoms with Gasteiger partial charge in [0, 0.05) is 11.7 Å². The minimum Gasteiger partial charge on any atom is -0.382 e. The number of hydrogen-bond donors (Lipinski definition) is 1. The number of anilines is 1. The SMILES string of the molecule is Cc1c(NC2CC2)ccc(F)c1Cl. The van der Waals surface area contributed by atoms with E-state index in [1.54, 1.807) is 6.07 Å². The number of hydrogen-bond acceptors (Lipinski definition) is 1. The predicted molar refractivity (Wildman–Crippen MR) is 52.8 cm³/mol. The van der Waals surface area contributed by atoms with Crippen LogP contribution in [0.3, 0.4) is 0 Å². The summed E-state index contributed by atoms with van der Waals surface area (Å²) in [6.45, 7) is 1.83. The Hall–Kier alpha value is -0.760. The first kappa shape index (κ1) is 8.82. The van der Waals surface area contributed by atoms with Gasteiger partial charge in [0.05, 0.1) is 5.02 Å².